The monoisotopic (exact) mass is 730 g/mol. The zero-order chi connectivity index (χ0) is 37.8. The molecule has 0 unspecified atom stereocenters. The predicted molar refractivity (Wildman–Crippen MR) is 190 cm³/mol. The van der Waals surface area contributed by atoms with E-state index >= 15 is 0 Å². The molecule has 1 saturated heterocycles. The van der Waals surface area contributed by atoms with Crippen molar-refractivity contribution in [3.63, 3.8) is 0 Å². The van der Waals surface area contributed by atoms with Crippen LogP contribution >= 0.6 is 0 Å². The molecular weight excluding hydrogens is 691 g/mol. The number of halogens is 5. The van der Waals surface area contributed by atoms with Gasteiger partial charge in [-0.1, -0.05) is 110 Å². The van der Waals surface area contributed by atoms with Crippen molar-refractivity contribution in [2.24, 2.45) is 5.92 Å². The molecule has 6 rings (SSSR count). The Kier molecular flexibility index (Phi) is 11.7. The number of aliphatic hydroxyl groups excluding tert-OH is 1. The Bertz CT molecular complexity index is 2020. The van der Waals surface area contributed by atoms with Gasteiger partial charge in [-0.05, 0) is 47.4 Å². The first-order valence-electron chi connectivity index (χ1n) is 17.2. The molecule has 5 aromatic carbocycles. The summed E-state index contributed by atoms with van der Waals surface area (Å²) in [4.78, 5) is 14.9. The first kappa shape index (κ1) is 37.8. The van der Waals surface area contributed by atoms with Crippen LogP contribution in [-0.4, -0.2) is 35.6 Å². The third kappa shape index (κ3) is 8.03. The Balaban J connectivity index is 1.23. The molecule has 276 valence electrons. The molecule has 0 saturated carbocycles. The number of carbonyl (C=O) groups is 1. The summed E-state index contributed by atoms with van der Waals surface area (Å²) < 4.78 is 82.8. The molecule has 0 bridgehead atoms. The fourth-order valence-corrected chi connectivity index (χ4v) is 6.60. The van der Waals surface area contributed by atoms with Crippen LogP contribution in [0.3, 0.4) is 0 Å². The largest absolute Gasteiger partial charge is 0.392 e. The van der Waals surface area contributed by atoms with E-state index in [1.165, 1.54) is 5.56 Å². The van der Waals surface area contributed by atoms with Crippen LogP contribution in [0.2, 0.25) is 0 Å². The molecule has 0 aromatic heterocycles. The van der Waals surface area contributed by atoms with Gasteiger partial charge in [-0.25, -0.2) is 22.0 Å². The summed E-state index contributed by atoms with van der Waals surface area (Å²) in [5.74, 6) is -12.6. The number of rotatable bonds is 11. The van der Waals surface area contributed by atoms with Gasteiger partial charge in [0.05, 0.1) is 18.8 Å². The summed E-state index contributed by atoms with van der Waals surface area (Å²) in [6.07, 6.45) is -1.24. The Hall–Kier alpha value is -4.94. The number of hydrogen-bond donors (Lipinski definition) is 2. The molecule has 5 atom stereocenters. The van der Waals surface area contributed by atoms with E-state index in [2.05, 4.69) is 43.2 Å². The molecule has 0 spiro atoms. The van der Waals surface area contributed by atoms with E-state index in [4.69, 9.17) is 9.47 Å². The highest BCUT2D eigenvalue weighted by Crippen LogP contribution is 2.42. The molecular formula is C42H39F5N2O4. The Morgan fingerprint density at radius 3 is 2.00 bits per heavy atom. The Morgan fingerprint density at radius 1 is 0.774 bits per heavy atom. The van der Waals surface area contributed by atoms with E-state index in [0.717, 1.165) is 22.3 Å². The maximum atomic E-state index is 14.3. The quantitative estimate of drug-likeness (QED) is 0.0807. The van der Waals surface area contributed by atoms with Gasteiger partial charge in [0.25, 0.3) is 5.91 Å². The van der Waals surface area contributed by atoms with Crippen molar-refractivity contribution in [2.75, 3.05) is 13.6 Å². The standard InChI is InChI=1S/C42H39F5N2O4/c1-24-33(22-49(3)25(2)27-9-5-4-6-10-27)52-42(53-40(24)29-15-13-26(23-50)14-16-29)30-19-17-28(18-20-30)32-12-8-7-11-31(32)21-48-41(51)34-35(43)37(45)39(47)38(46)36(34)44/h4-20,24-25,33,40,42,50H,21-23H2,1-3H3,(H,48,51)/t24-,25-,33+,40+,42+/m0/s1. The lowest BCUT2D eigenvalue weighted by Gasteiger charge is -2.43. The molecule has 11 heteroatoms. The van der Waals surface area contributed by atoms with Gasteiger partial charge in [0.1, 0.15) is 5.56 Å². The average molecular weight is 731 g/mol. The minimum Gasteiger partial charge on any atom is -0.392 e. The molecule has 1 amide bonds. The van der Waals surface area contributed by atoms with E-state index in [1.807, 2.05) is 66.7 Å². The van der Waals surface area contributed by atoms with Crippen molar-refractivity contribution in [1.82, 2.24) is 10.2 Å². The number of carbonyl (C=O) groups excluding carboxylic acids is 1. The van der Waals surface area contributed by atoms with Gasteiger partial charge in [0.15, 0.2) is 29.6 Å². The van der Waals surface area contributed by atoms with Gasteiger partial charge in [0.2, 0.25) is 5.82 Å². The van der Waals surface area contributed by atoms with Crippen LogP contribution in [0.25, 0.3) is 11.1 Å². The summed E-state index contributed by atoms with van der Waals surface area (Å²) >= 11 is 0. The fourth-order valence-electron chi connectivity index (χ4n) is 6.60. The second-order valence-corrected chi connectivity index (χ2v) is 13.3. The van der Waals surface area contributed by atoms with E-state index in [1.54, 1.807) is 24.3 Å². The second kappa shape index (κ2) is 16.4. The zero-order valence-electron chi connectivity index (χ0n) is 29.3. The highest BCUT2D eigenvalue weighted by molar-refractivity contribution is 5.95. The summed E-state index contributed by atoms with van der Waals surface area (Å²) in [7, 11) is 2.07. The molecule has 6 nitrogen and oxygen atoms in total. The minimum atomic E-state index is -2.34. The predicted octanol–water partition coefficient (Wildman–Crippen LogP) is 8.96. The van der Waals surface area contributed by atoms with Crippen LogP contribution in [0, 0.1) is 35.0 Å². The summed E-state index contributed by atoms with van der Waals surface area (Å²) in [5.41, 5.74) is 4.12. The summed E-state index contributed by atoms with van der Waals surface area (Å²) in [6, 6.07) is 32.5. The fraction of sp³-hybridized carbons (Fsp3) is 0.262. The first-order valence-corrected chi connectivity index (χ1v) is 17.2. The number of amides is 1. The van der Waals surface area contributed by atoms with E-state index < -0.39 is 46.8 Å². The Labute approximate surface area is 304 Å². The van der Waals surface area contributed by atoms with Gasteiger partial charge in [-0.15, -0.1) is 0 Å². The van der Waals surface area contributed by atoms with Crippen LogP contribution in [0.5, 0.6) is 0 Å². The van der Waals surface area contributed by atoms with Crippen LogP contribution in [0.15, 0.2) is 103 Å². The zero-order valence-corrected chi connectivity index (χ0v) is 29.3. The van der Waals surface area contributed by atoms with Gasteiger partial charge in [-0.2, -0.15) is 0 Å². The molecule has 2 N–H and O–H groups in total. The third-order valence-corrected chi connectivity index (χ3v) is 9.92. The smallest absolute Gasteiger partial charge is 0.257 e. The number of likely N-dealkylation sites (N-methyl/N-ethyl adjacent to an activating group) is 1. The maximum Gasteiger partial charge on any atom is 0.257 e. The van der Waals surface area contributed by atoms with Gasteiger partial charge < -0.3 is 19.9 Å². The van der Waals surface area contributed by atoms with Crippen molar-refractivity contribution < 1.29 is 41.3 Å². The number of hydrogen-bond acceptors (Lipinski definition) is 5. The highest BCUT2D eigenvalue weighted by Gasteiger charge is 2.39. The second-order valence-electron chi connectivity index (χ2n) is 13.3. The minimum absolute atomic E-state index is 0.0251. The van der Waals surface area contributed by atoms with Crippen molar-refractivity contribution in [3.8, 4) is 11.1 Å². The maximum absolute atomic E-state index is 14.3. The highest BCUT2D eigenvalue weighted by atomic mass is 19.2. The van der Waals surface area contributed by atoms with Crippen molar-refractivity contribution in [2.45, 2.75) is 51.5 Å². The van der Waals surface area contributed by atoms with Gasteiger partial charge in [0, 0.05) is 30.6 Å². The number of aliphatic hydroxyl groups is 1. The lowest BCUT2D eigenvalue weighted by atomic mass is 9.89. The summed E-state index contributed by atoms with van der Waals surface area (Å²) in [6.45, 7) is 4.58. The SMILES string of the molecule is C[C@H]1[C@@H](CN(C)[C@@H](C)c2ccccc2)O[C@@H](c2ccc(-c3ccccc3CNC(=O)c3c(F)c(F)c(F)c(F)c3F)cc2)O[C@H]1c1ccc(CO)cc1. The number of ether oxygens (including phenoxy) is 2. The molecule has 1 heterocycles. The van der Waals surface area contributed by atoms with Crippen molar-refractivity contribution in [3.05, 3.63) is 166 Å². The van der Waals surface area contributed by atoms with Crippen LogP contribution in [-0.2, 0) is 22.6 Å². The molecule has 5 aromatic rings. The third-order valence-electron chi connectivity index (χ3n) is 9.92. The lowest BCUT2D eigenvalue weighted by Crippen LogP contribution is -2.44. The number of nitrogens with zero attached hydrogens (tertiary/aromatic N) is 1. The van der Waals surface area contributed by atoms with Crippen molar-refractivity contribution >= 4 is 5.91 Å². The number of benzene rings is 5. The average Bonchev–Trinajstić information content (AvgIpc) is 3.19. The molecule has 1 aliphatic heterocycles. The van der Waals surface area contributed by atoms with E-state index in [9.17, 15) is 31.9 Å². The molecule has 0 aliphatic carbocycles. The molecule has 1 aliphatic rings. The van der Waals surface area contributed by atoms with E-state index in [0.29, 0.717) is 17.7 Å². The normalized spacial score (nSPS) is 19.3. The topological polar surface area (TPSA) is 71.0 Å². The number of nitrogens with one attached hydrogen (secondary N) is 1. The molecule has 0 radical (unpaired) electrons. The van der Waals surface area contributed by atoms with E-state index in [-0.39, 0.29) is 37.3 Å². The lowest BCUT2D eigenvalue weighted by molar-refractivity contribution is -0.276. The van der Waals surface area contributed by atoms with Crippen molar-refractivity contribution in [1.29, 1.82) is 0 Å². The van der Waals surface area contributed by atoms with Crippen LogP contribution in [0.1, 0.15) is 70.5 Å². The molecule has 1 fully saturated rings. The Morgan fingerprint density at radius 2 is 1.36 bits per heavy atom. The van der Waals surface area contributed by atoms with Crippen LogP contribution in [0.4, 0.5) is 22.0 Å². The first-order chi connectivity index (χ1) is 25.5. The van der Waals surface area contributed by atoms with Crippen LogP contribution < -0.4 is 5.32 Å². The van der Waals surface area contributed by atoms with Gasteiger partial charge in [-0.3, -0.25) is 9.69 Å². The summed E-state index contributed by atoms with van der Waals surface area (Å²) in [5, 5.41) is 11.9. The van der Waals surface area contributed by atoms with Gasteiger partial charge >= 0.3 is 0 Å². The molecule has 53 heavy (non-hydrogen) atoms.